The summed E-state index contributed by atoms with van der Waals surface area (Å²) in [5, 5.41) is 7.68. The number of anilines is 2. The van der Waals surface area contributed by atoms with Gasteiger partial charge in [-0.3, -0.25) is 19.8 Å². The summed E-state index contributed by atoms with van der Waals surface area (Å²) >= 11 is 1.24. The number of ether oxygens (including phenoxy) is 3. The molecule has 0 bridgehead atoms. The molecule has 0 saturated carbocycles. The van der Waals surface area contributed by atoms with E-state index >= 15 is 0 Å². The molecule has 0 radical (unpaired) electrons. The van der Waals surface area contributed by atoms with Crippen molar-refractivity contribution in [1.29, 1.82) is 0 Å². The number of hydrogen-bond acceptors (Lipinski definition) is 10. The highest BCUT2D eigenvalue weighted by Gasteiger charge is 2.39. The number of thiazole rings is 1. The number of benzene rings is 3. The van der Waals surface area contributed by atoms with Gasteiger partial charge in [0.25, 0.3) is 11.8 Å². The Morgan fingerprint density at radius 1 is 1.00 bits per heavy atom. The quantitative estimate of drug-likeness (QED) is 0.171. The zero-order chi connectivity index (χ0) is 36.8. The fourth-order valence-electron chi connectivity index (χ4n) is 6.33. The predicted octanol–water partition coefficient (Wildman–Crippen LogP) is 5.91. The Labute approximate surface area is 306 Å². The van der Waals surface area contributed by atoms with Crippen molar-refractivity contribution >= 4 is 40.1 Å². The SMILES string of the molecule is COCOc1ccc(F)cc1C(C(=O)Nc1nccs1)N1Cc2ccc(-c3ccc(N4CCN(CCNC(=O)OC(C)(C)C)CC4)cc3)cc2C1=O. The number of halogens is 1. The van der Waals surface area contributed by atoms with E-state index in [-0.39, 0.29) is 30.6 Å². The van der Waals surface area contributed by atoms with Crippen molar-refractivity contribution in [3.8, 4) is 16.9 Å². The molecule has 2 N–H and O–H groups in total. The lowest BCUT2D eigenvalue weighted by atomic mass is 10.00. The van der Waals surface area contributed by atoms with Crippen LogP contribution in [0.1, 0.15) is 48.3 Å². The van der Waals surface area contributed by atoms with Gasteiger partial charge in [-0.25, -0.2) is 14.2 Å². The van der Waals surface area contributed by atoms with Gasteiger partial charge in [-0.1, -0.05) is 24.3 Å². The fourth-order valence-corrected chi connectivity index (χ4v) is 6.86. The minimum absolute atomic E-state index is 0.124. The van der Waals surface area contributed by atoms with Crippen molar-refractivity contribution < 1.29 is 33.0 Å². The first-order valence-corrected chi connectivity index (χ1v) is 18.0. The molecule has 274 valence electrons. The lowest BCUT2D eigenvalue weighted by molar-refractivity contribution is -0.121. The molecule has 3 amide bonds. The van der Waals surface area contributed by atoms with E-state index in [0.29, 0.717) is 17.2 Å². The summed E-state index contributed by atoms with van der Waals surface area (Å²) in [5.41, 5.74) is 3.82. The number of aromatic nitrogens is 1. The van der Waals surface area contributed by atoms with Crippen molar-refractivity contribution in [3.63, 3.8) is 0 Å². The second-order valence-electron chi connectivity index (χ2n) is 13.6. The third-order valence-corrected chi connectivity index (χ3v) is 9.49. The zero-order valence-electron chi connectivity index (χ0n) is 29.7. The van der Waals surface area contributed by atoms with Gasteiger partial charge in [0.2, 0.25) is 0 Å². The second-order valence-corrected chi connectivity index (χ2v) is 14.5. The first-order valence-electron chi connectivity index (χ1n) is 17.1. The zero-order valence-corrected chi connectivity index (χ0v) is 30.5. The van der Waals surface area contributed by atoms with E-state index < -0.39 is 29.5 Å². The molecular weight excluding hydrogens is 688 g/mol. The first kappa shape index (κ1) is 36.7. The summed E-state index contributed by atoms with van der Waals surface area (Å²) in [6.45, 7) is 10.3. The van der Waals surface area contributed by atoms with Gasteiger partial charge >= 0.3 is 6.09 Å². The maximum Gasteiger partial charge on any atom is 0.407 e. The maximum absolute atomic E-state index is 14.7. The average molecular weight is 731 g/mol. The van der Waals surface area contributed by atoms with Crippen LogP contribution in [0.2, 0.25) is 0 Å². The molecule has 52 heavy (non-hydrogen) atoms. The van der Waals surface area contributed by atoms with E-state index in [9.17, 15) is 18.8 Å². The van der Waals surface area contributed by atoms with E-state index in [2.05, 4.69) is 37.6 Å². The number of carbonyl (C=O) groups excluding carboxylic acids is 3. The highest BCUT2D eigenvalue weighted by atomic mass is 32.1. The van der Waals surface area contributed by atoms with Crippen LogP contribution in [0.4, 0.5) is 20.0 Å². The number of alkyl carbamates (subject to hydrolysis) is 1. The monoisotopic (exact) mass is 730 g/mol. The van der Waals surface area contributed by atoms with Crippen LogP contribution in [-0.2, 0) is 20.8 Å². The van der Waals surface area contributed by atoms with Crippen LogP contribution in [0.3, 0.4) is 0 Å². The molecule has 1 aromatic heterocycles. The topological polar surface area (TPSA) is 126 Å². The summed E-state index contributed by atoms with van der Waals surface area (Å²) in [7, 11) is 1.46. The van der Waals surface area contributed by atoms with Crippen molar-refractivity contribution in [3.05, 3.63) is 94.7 Å². The molecule has 14 heteroatoms. The predicted molar refractivity (Wildman–Crippen MR) is 197 cm³/mol. The van der Waals surface area contributed by atoms with Crippen LogP contribution >= 0.6 is 11.3 Å². The maximum atomic E-state index is 14.7. The summed E-state index contributed by atoms with van der Waals surface area (Å²) in [5.74, 6) is -1.24. The van der Waals surface area contributed by atoms with Crippen molar-refractivity contribution in [2.24, 2.45) is 0 Å². The molecule has 3 heterocycles. The smallest absolute Gasteiger partial charge is 0.407 e. The van der Waals surface area contributed by atoms with Gasteiger partial charge in [0.05, 0.1) is 0 Å². The van der Waals surface area contributed by atoms with E-state index in [1.54, 1.807) is 11.6 Å². The van der Waals surface area contributed by atoms with Crippen molar-refractivity contribution in [2.45, 2.75) is 39.0 Å². The molecule has 1 saturated heterocycles. The Morgan fingerprint density at radius 3 is 2.44 bits per heavy atom. The Kier molecular flexibility index (Phi) is 11.4. The Bertz CT molecular complexity index is 1880. The summed E-state index contributed by atoms with van der Waals surface area (Å²) in [4.78, 5) is 50.1. The minimum atomic E-state index is -1.21. The molecule has 3 aromatic carbocycles. The van der Waals surface area contributed by atoms with Crippen LogP contribution in [0.5, 0.6) is 5.75 Å². The highest BCUT2D eigenvalue weighted by Crippen LogP contribution is 2.38. The third kappa shape index (κ3) is 8.87. The van der Waals surface area contributed by atoms with Gasteiger partial charge in [0.15, 0.2) is 11.9 Å². The Balaban J connectivity index is 1.13. The largest absolute Gasteiger partial charge is 0.467 e. The van der Waals surface area contributed by atoms with E-state index in [4.69, 9.17) is 14.2 Å². The van der Waals surface area contributed by atoms with Gasteiger partial charge in [0, 0.05) is 81.3 Å². The molecule has 2 aliphatic heterocycles. The van der Waals surface area contributed by atoms with Crippen LogP contribution in [0, 0.1) is 5.82 Å². The molecule has 1 atom stereocenters. The van der Waals surface area contributed by atoms with Crippen LogP contribution in [0.25, 0.3) is 11.1 Å². The third-order valence-electron chi connectivity index (χ3n) is 8.80. The fraction of sp³-hybridized carbons (Fsp3) is 0.368. The number of amides is 3. The average Bonchev–Trinajstić information content (AvgIpc) is 3.75. The van der Waals surface area contributed by atoms with Gasteiger partial charge in [-0.05, 0) is 73.9 Å². The van der Waals surface area contributed by atoms with Crippen molar-refractivity contribution in [1.82, 2.24) is 20.1 Å². The second kappa shape index (κ2) is 16.1. The molecular formula is C38H43FN6O6S. The van der Waals surface area contributed by atoms with Crippen LogP contribution in [-0.4, -0.2) is 91.5 Å². The Hall–Kier alpha value is -5.05. The van der Waals surface area contributed by atoms with Crippen LogP contribution < -0.4 is 20.3 Å². The number of methoxy groups -OCH3 is 1. The summed E-state index contributed by atoms with van der Waals surface area (Å²) < 4.78 is 30.8. The van der Waals surface area contributed by atoms with Crippen LogP contribution in [0.15, 0.2) is 72.2 Å². The molecule has 2 aliphatic rings. The molecule has 1 fully saturated rings. The number of piperazine rings is 1. The number of carbonyl (C=O) groups is 3. The molecule has 0 spiro atoms. The molecule has 4 aromatic rings. The summed E-state index contributed by atoms with van der Waals surface area (Å²) in [6, 6.07) is 16.6. The Morgan fingerprint density at radius 2 is 1.75 bits per heavy atom. The number of rotatable bonds is 12. The standard InChI is InChI=1S/C38H43FN6O6S/c1-38(2,3)51-37(48)41-13-15-43-16-18-44(19-17-43)29-10-7-25(8-11-29)26-5-6-27-23-45(35(47)30(27)21-26)33(34(46)42-36-40-14-20-52-36)31-22-28(39)9-12-32(31)50-24-49-4/h5-12,14,20-22,33H,13,15-19,23-24H2,1-4H3,(H,41,48)(H,40,42,46). The number of hydrogen-bond donors (Lipinski definition) is 2. The van der Waals surface area contributed by atoms with Crippen molar-refractivity contribution in [2.75, 3.05) is 63.4 Å². The number of fused-ring (bicyclic) bond motifs is 1. The van der Waals surface area contributed by atoms with E-state index in [0.717, 1.165) is 55.1 Å². The van der Waals surface area contributed by atoms with Gasteiger partial charge in [-0.15, -0.1) is 11.3 Å². The number of nitrogens with one attached hydrogen (secondary N) is 2. The molecule has 12 nitrogen and oxygen atoms in total. The first-order chi connectivity index (χ1) is 25.0. The molecule has 1 unspecified atom stereocenters. The molecule has 0 aliphatic carbocycles. The van der Waals surface area contributed by atoms with Gasteiger partial charge in [0.1, 0.15) is 23.2 Å². The van der Waals surface area contributed by atoms with Gasteiger partial charge in [-0.2, -0.15) is 0 Å². The molecule has 6 rings (SSSR count). The minimum Gasteiger partial charge on any atom is -0.467 e. The highest BCUT2D eigenvalue weighted by molar-refractivity contribution is 7.13. The summed E-state index contributed by atoms with van der Waals surface area (Å²) in [6.07, 6.45) is 1.16. The normalized spacial score (nSPS) is 15.3. The van der Waals surface area contributed by atoms with E-state index in [1.165, 1.54) is 41.5 Å². The van der Waals surface area contributed by atoms with Gasteiger partial charge < -0.3 is 29.3 Å². The number of nitrogens with zero attached hydrogens (tertiary/aromatic N) is 4. The van der Waals surface area contributed by atoms with E-state index in [1.807, 2.05) is 51.1 Å². The lowest BCUT2D eigenvalue weighted by Crippen LogP contribution is -2.48. The lowest BCUT2D eigenvalue weighted by Gasteiger charge is -2.36.